The summed E-state index contributed by atoms with van der Waals surface area (Å²) >= 11 is 0. The number of likely N-dealkylation sites (tertiary alicyclic amines) is 1. The van der Waals surface area contributed by atoms with Crippen molar-refractivity contribution < 1.29 is 4.79 Å². The third-order valence-corrected chi connectivity index (χ3v) is 4.53. The van der Waals surface area contributed by atoms with E-state index in [1.54, 1.807) is 0 Å². The van der Waals surface area contributed by atoms with Gasteiger partial charge in [-0.25, -0.2) is 0 Å². The summed E-state index contributed by atoms with van der Waals surface area (Å²) < 4.78 is 0. The average molecular weight is 234 g/mol. The summed E-state index contributed by atoms with van der Waals surface area (Å²) in [6.07, 6.45) is 9.07. The van der Waals surface area contributed by atoms with Crippen LogP contribution in [0.3, 0.4) is 0 Å². The average Bonchev–Trinajstić information content (AvgIpc) is 2.91. The molecule has 2 fully saturated rings. The van der Waals surface area contributed by atoms with Crippen LogP contribution < -0.4 is 5.32 Å². The summed E-state index contributed by atoms with van der Waals surface area (Å²) in [6.45, 7) is 3.11. The topological polar surface area (TPSA) is 32.3 Å². The fourth-order valence-electron chi connectivity index (χ4n) is 3.52. The largest absolute Gasteiger partial charge is 0.338 e. The fourth-order valence-corrected chi connectivity index (χ4v) is 3.52. The maximum Gasteiger partial charge on any atom is 0.226 e. The zero-order chi connectivity index (χ0) is 11.7. The van der Waals surface area contributed by atoms with Gasteiger partial charge in [0.25, 0.3) is 0 Å². The predicted molar refractivity (Wildman–Crippen MR) is 67.6 cm³/mol. The molecule has 0 unspecified atom stereocenters. The molecular weight excluding hydrogens is 212 g/mol. The maximum absolute atomic E-state index is 12.3. The molecular formula is C14H22N2O. The third kappa shape index (κ3) is 2.25. The van der Waals surface area contributed by atoms with Crippen LogP contribution in [0.15, 0.2) is 11.6 Å². The molecule has 2 aliphatic heterocycles. The number of carbonyl (C=O) groups is 1. The SMILES string of the molecule is O=C(CC1=CCCCC1)N1CC[C@H]2CNC[C@H]21. The van der Waals surface area contributed by atoms with Crippen LogP contribution in [0, 0.1) is 5.92 Å². The van der Waals surface area contributed by atoms with Gasteiger partial charge in [-0.2, -0.15) is 0 Å². The molecule has 0 aromatic carbocycles. The zero-order valence-electron chi connectivity index (χ0n) is 10.5. The van der Waals surface area contributed by atoms with Gasteiger partial charge in [0.1, 0.15) is 0 Å². The molecule has 0 aromatic heterocycles. The first-order chi connectivity index (χ1) is 8.34. The third-order valence-electron chi connectivity index (χ3n) is 4.53. The summed E-state index contributed by atoms with van der Waals surface area (Å²) in [4.78, 5) is 14.5. The first kappa shape index (κ1) is 11.3. The molecule has 1 amide bonds. The number of carbonyl (C=O) groups excluding carboxylic acids is 1. The monoisotopic (exact) mass is 234 g/mol. The molecule has 0 bridgehead atoms. The Morgan fingerprint density at radius 1 is 1.41 bits per heavy atom. The molecule has 3 nitrogen and oxygen atoms in total. The van der Waals surface area contributed by atoms with E-state index in [4.69, 9.17) is 0 Å². The molecule has 2 saturated heterocycles. The van der Waals surface area contributed by atoms with Crippen LogP contribution >= 0.6 is 0 Å². The van der Waals surface area contributed by atoms with E-state index in [2.05, 4.69) is 16.3 Å². The maximum atomic E-state index is 12.3. The summed E-state index contributed by atoms with van der Waals surface area (Å²) in [5.41, 5.74) is 1.38. The van der Waals surface area contributed by atoms with Crippen LogP contribution in [-0.4, -0.2) is 36.5 Å². The number of amides is 1. The van der Waals surface area contributed by atoms with Crippen molar-refractivity contribution >= 4 is 5.91 Å². The van der Waals surface area contributed by atoms with Gasteiger partial charge in [0.2, 0.25) is 5.91 Å². The van der Waals surface area contributed by atoms with E-state index < -0.39 is 0 Å². The minimum absolute atomic E-state index is 0.370. The number of hydrogen-bond donors (Lipinski definition) is 1. The number of rotatable bonds is 2. The van der Waals surface area contributed by atoms with Gasteiger partial charge in [0.05, 0.1) is 0 Å². The van der Waals surface area contributed by atoms with E-state index in [1.165, 1.54) is 31.3 Å². The van der Waals surface area contributed by atoms with Crippen molar-refractivity contribution in [2.24, 2.45) is 5.92 Å². The van der Waals surface area contributed by atoms with E-state index in [1.807, 2.05) is 0 Å². The minimum Gasteiger partial charge on any atom is -0.338 e. The molecule has 3 rings (SSSR count). The van der Waals surface area contributed by atoms with E-state index in [0.717, 1.165) is 32.0 Å². The van der Waals surface area contributed by atoms with Crippen LogP contribution in [0.25, 0.3) is 0 Å². The highest BCUT2D eigenvalue weighted by atomic mass is 16.2. The highest BCUT2D eigenvalue weighted by molar-refractivity contribution is 5.79. The van der Waals surface area contributed by atoms with Gasteiger partial charge < -0.3 is 10.2 Å². The predicted octanol–water partition coefficient (Wildman–Crippen LogP) is 1.70. The molecule has 0 radical (unpaired) electrons. The standard InChI is InChI=1S/C14H22N2O/c17-14(8-11-4-2-1-3-5-11)16-7-6-12-9-15-10-13(12)16/h4,12-13,15H,1-3,5-10H2/t12-,13+/m0/s1. The van der Waals surface area contributed by atoms with Crippen LogP contribution in [0.4, 0.5) is 0 Å². The van der Waals surface area contributed by atoms with Gasteiger partial charge in [-0.05, 0) is 38.0 Å². The second-order valence-electron chi connectivity index (χ2n) is 5.65. The summed E-state index contributed by atoms with van der Waals surface area (Å²) in [7, 11) is 0. The summed E-state index contributed by atoms with van der Waals surface area (Å²) in [6, 6.07) is 0.492. The van der Waals surface area contributed by atoms with Crippen LogP contribution in [0.5, 0.6) is 0 Å². The van der Waals surface area contributed by atoms with Crippen molar-refractivity contribution in [1.82, 2.24) is 10.2 Å². The van der Waals surface area contributed by atoms with E-state index in [-0.39, 0.29) is 0 Å². The molecule has 94 valence electrons. The molecule has 1 N–H and O–H groups in total. The Morgan fingerprint density at radius 2 is 2.35 bits per heavy atom. The molecule has 1 aliphatic carbocycles. The normalized spacial score (nSPS) is 32.5. The first-order valence-electron chi connectivity index (χ1n) is 7.02. The smallest absolute Gasteiger partial charge is 0.226 e. The molecule has 3 aliphatic rings. The van der Waals surface area contributed by atoms with Gasteiger partial charge in [-0.1, -0.05) is 11.6 Å². The van der Waals surface area contributed by atoms with E-state index >= 15 is 0 Å². The second kappa shape index (κ2) is 4.81. The fraction of sp³-hybridized carbons (Fsp3) is 0.786. The highest BCUT2D eigenvalue weighted by Gasteiger charge is 2.39. The molecule has 0 spiro atoms. The van der Waals surface area contributed by atoms with Gasteiger partial charge in [0, 0.05) is 32.1 Å². The first-order valence-corrected chi connectivity index (χ1v) is 7.02. The Hall–Kier alpha value is -0.830. The lowest BCUT2D eigenvalue weighted by atomic mass is 9.96. The molecule has 17 heavy (non-hydrogen) atoms. The number of nitrogens with zero attached hydrogens (tertiary/aromatic N) is 1. The highest BCUT2D eigenvalue weighted by Crippen LogP contribution is 2.29. The lowest BCUT2D eigenvalue weighted by Gasteiger charge is -2.24. The van der Waals surface area contributed by atoms with Crippen molar-refractivity contribution in [2.75, 3.05) is 19.6 Å². The number of allylic oxidation sites excluding steroid dienone is 1. The Kier molecular flexibility index (Phi) is 3.19. The van der Waals surface area contributed by atoms with E-state index in [0.29, 0.717) is 18.4 Å². The summed E-state index contributed by atoms with van der Waals surface area (Å²) in [5.74, 6) is 1.09. The van der Waals surface area contributed by atoms with Crippen molar-refractivity contribution in [2.45, 2.75) is 44.6 Å². The Bertz CT molecular complexity index is 337. The molecule has 2 atom stereocenters. The molecule has 2 heterocycles. The van der Waals surface area contributed by atoms with Gasteiger partial charge >= 0.3 is 0 Å². The van der Waals surface area contributed by atoms with Crippen molar-refractivity contribution in [1.29, 1.82) is 0 Å². The van der Waals surface area contributed by atoms with Crippen molar-refractivity contribution in [3.63, 3.8) is 0 Å². The van der Waals surface area contributed by atoms with Crippen molar-refractivity contribution in [3.05, 3.63) is 11.6 Å². The number of hydrogen-bond acceptors (Lipinski definition) is 2. The molecule has 3 heteroatoms. The Morgan fingerprint density at radius 3 is 3.18 bits per heavy atom. The van der Waals surface area contributed by atoms with Crippen LogP contribution in [0.1, 0.15) is 38.5 Å². The quantitative estimate of drug-likeness (QED) is 0.738. The lowest BCUT2D eigenvalue weighted by molar-refractivity contribution is -0.131. The molecule has 0 saturated carbocycles. The lowest BCUT2D eigenvalue weighted by Crippen LogP contribution is -2.39. The number of fused-ring (bicyclic) bond motifs is 1. The van der Waals surface area contributed by atoms with Gasteiger partial charge in [-0.3, -0.25) is 4.79 Å². The Labute approximate surface area is 103 Å². The van der Waals surface area contributed by atoms with Crippen LogP contribution in [-0.2, 0) is 4.79 Å². The second-order valence-corrected chi connectivity index (χ2v) is 5.65. The van der Waals surface area contributed by atoms with Crippen LogP contribution in [0.2, 0.25) is 0 Å². The summed E-state index contributed by atoms with van der Waals surface area (Å²) in [5, 5.41) is 3.40. The minimum atomic E-state index is 0.370. The van der Waals surface area contributed by atoms with Gasteiger partial charge in [-0.15, -0.1) is 0 Å². The molecule has 0 aromatic rings. The Balaban J connectivity index is 1.60. The number of nitrogens with one attached hydrogen (secondary N) is 1. The van der Waals surface area contributed by atoms with Crippen molar-refractivity contribution in [3.8, 4) is 0 Å². The van der Waals surface area contributed by atoms with Gasteiger partial charge in [0.15, 0.2) is 0 Å². The zero-order valence-corrected chi connectivity index (χ0v) is 10.5. The van der Waals surface area contributed by atoms with E-state index in [9.17, 15) is 4.79 Å².